The zero-order chi connectivity index (χ0) is 11.3. The van der Waals surface area contributed by atoms with Crippen molar-refractivity contribution >= 4 is 11.6 Å². The molecule has 0 atom stereocenters. The molecule has 0 bridgehead atoms. The summed E-state index contributed by atoms with van der Waals surface area (Å²) in [6.45, 7) is 4.43. The summed E-state index contributed by atoms with van der Waals surface area (Å²) in [5.74, 6) is 0.0786. The van der Waals surface area contributed by atoms with Crippen LogP contribution in [0.5, 0.6) is 0 Å². The molecule has 1 rings (SSSR count). The Morgan fingerprint density at radius 3 is 2.47 bits per heavy atom. The van der Waals surface area contributed by atoms with Crippen molar-refractivity contribution in [1.29, 1.82) is 0 Å². The molecule has 0 aliphatic carbocycles. The van der Waals surface area contributed by atoms with E-state index in [2.05, 4.69) is 5.32 Å². The van der Waals surface area contributed by atoms with Crippen molar-refractivity contribution in [2.75, 3.05) is 18.5 Å². The molecule has 0 heterocycles. The molecule has 1 N–H and O–H groups in total. The summed E-state index contributed by atoms with van der Waals surface area (Å²) >= 11 is 0. The van der Waals surface area contributed by atoms with Crippen LogP contribution >= 0.6 is 0 Å². The second-order valence-electron chi connectivity index (χ2n) is 3.82. The molecule has 0 spiro atoms. The molecule has 3 nitrogen and oxygen atoms in total. The Balaban J connectivity index is 2.54. The van der Waals surface area contributed by atoms with Gasteiger partial charge in [-0.05, 0) is 12.1 Å². The van der Waals surface area contributed by atoms with E-state index in [1.807, 2.05) is 44.2 Å². The van der Waals surface area contributed by atoms with E-state index in [0.29, 0.717) is 12.6 Å². The van der Waals surface area contributed by atoms with Gasteiger partial charge in [-0.15, -0.1) is 0 Å². The number of likely N-dealkylation sites (N-methyl/N-ethyl adjacent to an activating group) is 1. The molecule has 0 saturated carbocycles. The molecule has 0 saturated heterocycles. The molecule has 0 aromatic heterocycles. The lowest BCUT2D eigenvalue weighted by Crippen LogP contribution is -2.38. The van der Waals surface area contributed by atoms with Crippen molar-refractivity contribution in [2.24, 2.45) is 0 Å². The molecule has 0 aliphatic rings. The van der Waals surface area contributed by atoms with Crippen LogP contribution in [0.25, 0.3) is 0 Å². The topological polar surface area (TPSA) is 32.3 Å². The Morgan fingerprint density at radius 2 is 1.93 bits per heavy atom. The highest BCUT2D eigenvalue weighted by atomic mass is 16.2. The number of anilines is 1. The van der Waals surface area contributed by atoms with Crippen molar-refractivity contribution in [3.63, 3.8) is 0 Å². The Morgan fingerprint density at radius 1 is 1.33 bits per heavy atom. The highest BCUT2D eigenvalue weighted by molar-refractivity contribution is 5.94. The Bertz CT molecular complexity index is 309. The van der Waals surface area contributed by atoms with E-state index in [1.54, 1.807) is 11.9 Å². The number of benzene rings is 1. The first kappa shape index (κ1) is 11.7. The van der Waals surface area contributed by atoms with E-state index >= 15 is 0 Å². The number of hydrogen-bond acceptors (Lipinski definition) is 2. The van der Waals surface area contributed by atoms with Crippen molar-refractivity contribution in [2.45, 2.75) is 19.9 Å². The fraction of sp³-hybridized carbons (Fsp3) is 0.417. The van der Waals surface area contributed by atoms with E-state index in [9.17, 15) is 4.79 Å². The molecule has 0 radical (unpaired) electrons. The lowest BCUT2D eigenvalue weighted by molar-refractivity contribution is -0.117. The van der Waals surface area contributed by atoms with Crippen LogP contribution in [-0.2, 0) is 4.79 Å². The molecule has 0 unspecified atom stereocenters. The second kappa shape index (κ2) is 5.51. The first-order valence-corrected chi connectivity index (χ1v) is 5.16. The van der Waals surface area contributed by atoms with E-state index < -0.39 is 0 Å². The van der Waals surface area contributed by atoms with Crippen molar-refractivity contribution < 1.29 is 4.79 Å². The van der Waals surface area contributed by atoms with Crippen LogP contribution in [0.15, 0.2) is 30.3 Å². The average Bonchev–Trinajstić information content (AvgIpc) is 2.26. The third-order valence-electron chi connectivity index (χ3n) is 2.18. The molecule has 15 heavy (non-hydrogen) atoms. The zero-order valence-corrected chi connectivity index (χ0v) is 9.53. The largest absolute Gasteiger partial charge is 0.314 e. The summed E-state index contributed by atoms with van der Waals surface area (Å²) < 4.78 is 0. The van der Waals surface area contributed by atoms with Gasteiger partial charge in [0.1, 0.15) is 0 Å². The van der Waals surface area contributed by atoms with Crippen LogP contribution in [0.3, 0.4) is 0 Å². The average molecular weight is 206 g/mol. The lowest BCUT2D eigenvalue weighted by Gasteiger charge is -2.18. The Labute approximate surface area is 91.1 Å². The van der Waals surface area contributed by atoms with Crippen molar-refractivity contribution in [3.8, 4) is 0 Å². The number of carbonyl (C=O) groups excluding carboxylic acids is 1. The Hall–Kier alpha value is -1.35. The molecule has 0 aliphatic heterocycles. The first-order chi connectivity index (χ1) is 7.11. The third kappa shape index (κ3) is 3.72. The number of nitrogens with one attached hydrogen (secondary N) is 1. The SMILES string of the molecule is CC(C)NCC(=O)N(C)c1ccccc1. The maximum absolute atomic E-state index is 11.7. The van der Waals surface area contributed by atoms with Crippen LogP contribution < -0.4 is 10.2 Å². The summed E-state index contributed by atoms with van der Waals surface area (Å²) in [6.07, 6.45) is 0. The monoisotopic (exact) mass is 206 g/mol. The van der Waals surface area contributed by atoms with Gasteiger partial charge in [0, 0.05) is 18.8 Å². The fourth-order valence-corrected chi connectivity index (χ4v) is 1.21. The van der Waals surface area contributed by atoms with Gasteiger partial charge in [0.05, 0.1) is 6.54 Å². The van der Waals surface area contributed by atoms with Gasteiger partial charge >= 0.3 is 0 Å². The smallest absolute Gasteiger partial charge is 0.240 e. The quantitative estimate of drug-likeness (QED) is 0.812. The first-order valence-electron chi connectivity index (χ1n) is 5.16. The standard InChI is InChI=1S/C12H18N2O/c1-10(2)13-9-12(15)14(3)11-7-5-4-6-8-11/h4-8,10,13H,9H2,1-3H3. The molecule has 3 heteroatoms. The normalized spacial score (nSPS) is 10.4. The van der Waals surface area contributed by atoms with Crippen LogP contribution in [0.2, 0.25) is 0 Å². The van der Waals surface area contributed by atoms with Crippen LogP contribution in [0, 0.1) is 0 Å². The summed E-state index contributed by atoms with van der Waals surface area (Å²) in [6, 6.07) is 9.97. The molecular formula is C12H18N2O. The van der Waals surface area contributed by atoms with Gasteiger partial charge in [-0.3, -0.25) is 4.79 Å². The van der Waals surface area contributed by atoms with Gasteiger partial charge in [0.25, 0.3) is 0 Å². The predicted molar refractivity (Wildman–Crippen MR) is 63.0 cm³/mol. The van der Waals surface area contributed by atoms with Crippen LogP contribution in [0.1, 0.15) is 13.8 Å². The Kier molecular flexibility index (Phi) is 4.31. The van der Waals surface area contributed by atoms with Gasteiger partial charge < -0.3 is 10.2 Å². The molecule has 1 aromatic carbocycles. The number of amides is 1. The molecule has 82 valence electrons. The summed E-state index contributed by atoms with van der Waals surface area (Å²) in [5, 5.41) is 3.10. The minimum atomic E-state index is 0.0786. The summed E-state index contributed by atoms with van der Waals surface area (Å²) in [4.78, 5) is 13.4. The van der Waals surface area contributed by atoms with Gasteiger partial charge in [-0.2, -0.15) is 0 Å². The highest BCUT2D eigenvalue weighted by Crippen LogP contribution is 2.10. The predicted octanol–water partition coefficient (Wildman–Crippen LogP) is 1.65. The number of para-hydroxylation sites is 1. The zero-order valence-electron chi connectivity index (χ0n) is 9.53. The van der Waals surface area contributed by atoms with E-state index in [4.69, 9.17) is 0 Å². The molecule has 1 aromatic rings. The molecule has 0 fully saturated rings. The molecular weight excluding hydrogens is 188 g/mol. The number of rotatable bonds is 4. The minimum Gasteiger partial charge on any atom is -0.314 e. The van der Waals surface area contributed by atoms with Gasteiger partial charge in [-0.25, -0.2) is 0 Å². The summed E-state index contributed by atoms with van der Waals surface area (Å²) in [7, 11) is 1.79. The van der Waals surface area contributed by atoms with E-state index in [0.717, 1.165) is 5.69 Å². The number of nitrogens with zero attached hydrogens (tertiary/aromatic N) is 1. The van der Waals surface area contributed by atoms with E-state index in [1.165, 1.54) is 0 Å². The van der Waals surface area contributed by atoms with E-state index in [-0.39, 0.29) is 5.91 Å². The maximum Gasteiger partial charge on any atom is 0.240 e. The van der Waals surface area contributed by atoms with Gasteiger partial charge in [0.15, 0.2) is 0 Å². The minimum absolute atomic E-state index is 0.0786. The maximum atomic E-state index is 11.7. The second-order valence-corrected chi connectivity index (χ2v) is 3.82. The van der Waals surface area contributed by atoms with Crippen molar-refractivity contribution in [3.05, 3.63) is 30.3 Å². The van der Waals surface area contributed by atoms with Gasteiger partial charge in [0.2, 0.25) is 5.91 Å². The number of carbonyl (C=O) groups is 1. The lowest BCUT2D eigenvalue weighted by atomic mass is 10.3. The van der Waals surface area contributed by atoms with Gasteiger partial charge in [-0.1, -0.05) is 32.0 Å². The third-order valence-corrected chi connectivity index (χ3v) is 2.18. The number of hydrogen-bond donors (Lipinski definition) is 1. The van der Waals surface area contributed by atoms with Crippen LogP contribution in [-0.4, -0.2) is 25.5 Å². The van der Waals surface area contributed by atoms with Crippen molar-refractivity contribution in [1.82, 2.24) is 5.32 Å². The summed E-state index contributed by atoms with van der Waals surface area (Å²) in [5.41, 5.74) is 0.924. The molecule has 1 amide bonds. The fourth-order valence-electron chi connectivity index (χ4n) is 1.21. The highest BCUT2D eigenvalue weighted by Gasteiger charge is 2.09. The van der Waals surface area contributed by atoms with Crippen LogP contribution in [0.4, 0.5) is 5.69 Å².